The zero-order chi connectivity index (χ0) is 32.5. The second kappa shape index (κ2) is 15.8. The van der Waals surface area contributed by atoms with Crippen LogP contribution in [0.1, 0.15) is 58.8 Å². The van der Waals surface area contributed by atoms with Crippen LogP contribution in [0.2, 0.25) is 10.0 Å². The first-order valence-electron chi connectivity index (χ1n) is 14.2. The molecule has 44 heavy (non-hydrogen) atoms. The SMILES string of the molecule is CCC1=C(C(=O)O)C(S(=O)(=O)Nc2ccccc2Cl)CCC1.CCOC(=O)C1=CCCCC1S(=O)(=O)Nc1ccccc1Cl. The van der Waals surface area contributed by atoms with E-state index in [-0.39, 0.29) is 28.5 Å². The van der Waals surface area contributed by atoms with Crippen LogP contribution in [0.3, 0.4) is 0 Å². The van der Waals surface area contributed by atoms with Crippen molar-refractivity contribution < 1.29 is 36.3 Å². The lowest BCUT2D eigenvalue weighted by atomic mass is 9.90. The number of carboxylic acids is 1. The van der Waals surface area contributed by atoms with Gasteiger partial charge in [0.05, 0.1) is 39.2 Å². The van der Waals surface area contributed by atoms with Crippen LogP contribution in [0.5, 0.6) is 0 Å². The Bertz CT molecular complexity index is 1640. The van der Waals surface area contributed by atoms with Gasteiger partial charge in [-0.25, -0.2) is 26.4 Å². The Hall–Kier alpha value is -3.06. The maximum atomic E-state index is 12.6. The number of allylic oxidation sites excluding steroid dienone is 2. The van der Waals surface area contributed by atoms with Crippen LogP contribution in [0.15, 0.2) is 71.3 Å². The Kier molecular flexibility index (Phi) is 12.7. The zero-order valence-corrected chi connectivity index (χ0v) is 27.5. The molecule has 0 aromatic heterocycles. The average molecular weight is 688 g/mol. The van der Waals surface area contributed by atoms with Crippen LogP contribution >= 0.6 is 23.2 Å². The van der Waals surface area contributed by atoms with Gasteiger partial charge in [-0.3, -0.25) is 9.44 Å². The van der Waals surface area contributed by atoms with Crippen molar-refractivity contribution in [2.75, 3.05) is 16.1 Å². The normalized spacial score (nSPS) is 18.8. The molecule has 2 aliphatic rings. The number of halogens is 2. The molecular weight excluding hydrogens is 651 g/mol. The van der Waals surface area contributed by atoms with Crippen molar-refractivity contribution in [3.8, 4) is 0 Å². The minimum absolute atomic E-state index is 0.00769. The van der Waals surface area contributed by atoms with Crippen molar-refractivity contribution in [3.63, 3.8) is 0 Å². The highest BCUT2D eigenvalue weighted by atomic mass is 35.5. The van der Waals surface area contributed by atoms with Crippen molar-refractivity contribution in [2.45, 2.75) is 69.3 Å². The number of carbonyl (C=O) groups excluding carboxylic acids is 1. The Morgan fingerprint density at radius 2 is 1.39 bits per heavy atom. The summed E-state index contributed by atoms with van der Waals surface area (Å²) in [5.74, 6) is -1.73. The van der Waals surface area contributed by atoms with Gasteiger partial charge in [0.15, 0.2) is 0 Å². The minimum atomic E-state index is -3.87. The van der Waals surface area contributed by atoms with E-state index in [0.29, 0.717) is 61.2 Å². The molecule has 0 amide bonds. The van der Waals surface area contributed by atoms with E-state index in [1.165, 1.54) is 0 Å². The number of hydrogen-bond donors (Lipinski definition) is 3. The molecule has 10 nitrogen and oxygen atoms in total. The number of para-hydroxylation sites is 2. The van der Waals surface area contributed by atoms with Crippen molar-refractivity contribution in [1.29, 1.82) is 0 Å². The summed E-state index contributed by atoms with van der Waals surface area (Å²) < 4.78 is 60.3. The Labute approximate surface area is 268 Å². The first-order chi connectivity index (χ1) is 20.8. The van der Waals surface area contributed by atoms with Crippen LogP contribution < -0.4 is 9.44 Å². The number of carboxylic acid groups (broad SMARTS) is 1. The topological polar surface area (TPSA) is 156 Å². The number of carbonyl (C=O) groups is 2. The molecule has 0 aliphatic heterocycles. The van der Waals surface area contributed by atoms with Crippen molar-refractivity contribution in [2.24, 2.45) is 0 Å². The van der Waals surface area contributed by atoms with Gasteiger partial charge in [-0.1, -0.05) is 66.0 Å². The molecular formula is C30H36Cl2N2O8S2. The number of nitrogens with one attached hydrogen (secondary N) is 2. The van der Waals surface area contributed by atoms with Crippen molar-refractivity contribution >= 4 is 66.6 Å². The summed E-state index contributed by atoms with van der Waals surface area (Å²) in [6.45, 7) is 3.74. The van der Waals surface area contributed by atoms with Crippen molar-refractivity contribution in [1.82, 2.24) is 0 Å². The molecule has 0 spiro atoms. The maximum absolute atomic E-state index is 12.6. The first-order valence-corrected chi connectivity index (χ1v) is 18.0. The number of hydrogen-bond acceptors (Lipinski definition) is 7. The number of ether oxygens (including phenoxy) is 1. The van der Waals surface area contributed by atoms with E-state index < -0.39 is 42.5 Å². The van der Waals surface area contributed by atoms with E-state index >= 15 is 0 Å². The highest BCUT2D eigenvalue weighted by Gasteiger charge is 2.37. The van der Waals surface area contributed by atoms with Crippen LogP contribution in [0.4, 0.5) is 11.4 Å². The lowest BCUT2D eigenvalue weighted by molar-refractivity contribution is -0.138. The molecule has 0 saturated heterocycles. The smallest absolute Gasteiger partial charge is 0.335 e. The fourth-order valence-corrected chi connectivity index (χ4v) is 8.90. The fraction of sp³-hybridized carbons (Fsp3) is 0.400. The molecule has 14 heteroatoms. The Morgan fingerprint density at radius 1 is 0.864 bits per heavy atom. The summed E-state index contributed by atoms with van der Waals surface area (Å²) in [5, 5.41) is 8.03. The van der Waals surface area contributed by atoms with E-state index in [4.69, 9.17) is 27.9 Å². The van der Waals surface area contributed by atoms with E-state index in [9.17, 15) is 31.5 Å². The average Bonchev–Trinajstić information content (AvgIpc) is 2.99. The lowest BCUT2D eigenvalue weighted by Crippen LogP contribution is -2.35. The second-order valence-corrected chi connectivity index (χ2v) is 14.7. The molecule has 2 atom stereocenters. The number of aliphatic carboxylic acids is 1. The van der Waals surface area contributed by atoms with Gasteiger partial charge in [-0.05, 0) is 76.1 Å². The fourth-order valence-electron chi connectivity index (χ4n) is 5.11. The highest BCUT2D eigenvalue weighted by molar-refractivity contribution is 7.93. The largest absolute Gasteiger partial charge is 0.478 e. The third-order valence-corrected chi connectivity index (χ3v) is 11.3. The first kappa shape index (κ1) is 35.4. The van der Waals surface area contributed by atoms with Gasteiger partial charge in [0, 0.05) is 0 Å². The predicted molar refractivity (Wildman–Crippen MR) is 173 cm³/mol. The second-order valence-electron chi connectivity index (χ2n) is 10.1. The van der Waals surface area contributed by atoms with Gasteiger partial charge >= 0.3 is 11.9 Å². The van der Waals surface area contributed by atoms with Crippen molar-refractivity contribution in [3.05, 3.63) is 81.4 Å². The summed E-state index contributed by atoms with van der Waals surface area (Å²) in [6.07, 6.45) is 5.54. The van der Waals surface area contributed by atoms with E-state index in [1.807, 2.05) is 6.92 Å². The maximum Gasteiger partial charge on any atom is 0.335 e. The molecule has 0 radical (unpaired) electrons. The molecule has 240 valence electrons. The van der Waals surface area contributed by atoms with Gasteiger partial charge in [0.1, 0.15) is 10.5 Å². The Balaban J connectivity index is 0.000000240. The van der Waals surface area contributed by atoms with Gasteiger partial charge in [-0.15, -0.1) is 0 Å². The van der Waals surface area contributed by atoms with Gasteiger partial charge in [0.25, 0.3) is 0 Å². The van der Waals surface area contributed by atoms with Crippen LogP contribution in [-0.2, 0) is 34.4 Å². The summed E-state index contributed by atoms with van der Waals surface area (Å²) in [7, 11) is -7.64. The summed E-state index contributed by atoms with van der Waals surface area (Å²) >= 11 is 12.0. The summed E-state index contributed by atoms with van der Waals surface area (Å²) in [6, 6.07) is 13.1. The minimum Gasteiger partial charge on any atom is -0.478 e. The van der Waals surface area contributed by atoms with Crippen LogP contribution in [0.25, 0.3) is 0 Å². The molecule has 2 unspecified atom stereocenters. The number of rotatable bonds is 10. The summed E-state index contributed by atoms with van der Waals surface area (Å²) in [4.78, 5) is 23.5. The lowest BCUT2D eigenvalue weighted by Gasteiger charge is -2.26. The van der Waals surface area contributed by atoms with E-state index in [1.54, 1.807) is 61.5 Å². The third-order valence-electron chi connectivity index (χ3n) is 7.20. The Morgan fingerprint density at radius 3 is 1.89 bits per heavy atom. The molecule has 0 fully saturated rings. The van der Waals surface area contributed by atoms with Gasteiger partial charge in [0.2, 0.25) is 20.0 Å². The molecule has 4 rings (SSSR count). The number of anilines is 2. The summed E-state index contributed by atoms with van der Waals surface area (Å²) in [5.41, 5.74) is 1.48. The monoisotopic (exact) mass is 686 g/mol. The van der Waals surface area contributed by atoms with Gasteiger partial charge < -0.3 is 9.84 Å². The number of sulfonamides is 2. The third kappa shape index (κ3) is 8.99. The molecule has 0 heterocycles. The molecule has 2 aromatic carbocycles. The highest BCUT2D eigenvalue weighted by Crippen LogP contribution is 2.34. The molecule has 2 aliphatic carbocycles. The molecule has 0 saturated carbocycles. The number of benzene rings is 2. The van der Waals surface area contributed by atoms with Crippen LogP contribution in [0, 0.1) is 0 Å². The van der Waals surface area contributed by atoms with E-state index in [0.717, 1.165) is 0 Å². The zero-order valence-electron chi connectivity index (χ0n) is 24.4. The van der Waals surface area contributed by atoms with Gasteiger partial charge in [-0.2, -0.15) is 0 Å². The van der Waals surface area contributed by atoms with Crippen LogP contribution in [-0.4, -0.2) is 51.0 Å². The standard InChI is InChI=1S/2C15H18ClNO4S/c1-2-21-15(18)11-7-3-6-10-14(11)22(19,20)17-13-9-5-4-8-12(13)16;1-2-10-6-5-9-13(14(10)15(18)19)22(20,21)17-12-8-4-3-7-11(12)16/h4-5,7-9,14,17H,2-3,6,10H2,1H3;3-4,7-8,13,17H,2,5-6,9H2,1H3,(H,18,19). The molecule has 2 aromatic rings. The molecule has 3 N–H and O–H groups in total. The predicted octanol–water partition coefficient (Wildman–Crippen LogP) is 6.55. The quantitative estimate of drug-likeness (QED) is 0.238. The van der Waals surface area contributed by atoms with E-state index in [2.05, 4.69) is 9.44 Å². The molecule has 0 bridgehead atoms. The number of esters is 1.